The van der Waals surface area contributed by atoms with Gasteiger partial charge in [-0.1, -0.05) is 47.6 Å². The molecule has 1 aromatic heterocycles. The number of carbonyl (C=O) groups is 3. The highest BCUT2D eigenvalue weighted by Crippen LogP contribution is 2.64. The Kier molecular flexibility index (Phi) is 14.6. The molecule has 1 aliphatic carbocycles. The van der Waals surface area contributed by atoms with Gasteiger partial charge in [0.2, 0.25) is 5.60 Å². The minimum atomic E-state index is -2.16. The third-order valence-corrected chi connectivity index (χ3v) is 15.0. The van der Waals surface area contributed by atoms with Gasteiger partial charge in [-0.2, -0.15) is 0 Å². The van der Waals surface area contributed by atoms with Crippen molar-refractivity contribution in [3.8, 4) is 51.4 Å². The maximum absolute atomic E-state index is 14.7. The summed E-state index contributed by atoms with van der Waals surface area (Å²) in [7, 11) is 4.68. The first kappa shape index (κ1) is 54.7. The lowest BCUT2D eigenvalue weighted by molar-refractivity contribution is -0.184. The molecule has 15 nitrogen and oxygen atoms in total. The van der Waals surface area contributed by atoms with Crippen LogP contribution in [0.1, 0.15) is 128 Å². The molecule has 1 saturated heterocycles. The molecule has 402 valence electrons. The number of hydrogen-bond acceptors (Lipinski definition) is 13. The number of hydrogen-bond donors (Lipinski definition) is 3. The van der Waals surface area contributed by atoms with Crippen molar-refractivity contribution in [2.45, 2.75) is 136 Å². The Morgan fingerprint density at radius 1 is 0.789 bits per heavy atom. The molecule has 3 aromatic carbocycles. The lowest BCUT2D eigenvalue weighted by atomic mass is 9.60. The zero-order valence-corrected chi connectivity index (χ0v) is 45.6. The molecule has 4 aliphatic heterocycles. The van der Waals surface area contributed by atoms with Gasteiger partial charge >= 0.3 is 17.6 Å². The average Bonchev–Trinajstić information content (AvgIpc) is 3.59. The van der Waals surface area contributed by atoms with Crippen LogP contribution in [0.25, 0.3) is 34.2 Å². The molecular formula is C61H68O15. The van der Waals surface area contributed by atoms with E-state index in [9.17, 15) is 34.5 Å². The maximum Gasteiger partial charge on any atom is 0.347 e. The van der Waals surface area contributed by atoms with E-state index in [0.717, 1.165) is 17.6 Å². The molecule has 0 radical (unpaired) electrons. The monoisotopic (exact) mass is 1040 g/mol. The van der Waals surface area contributed by atoms with Gasteiger partial charge in [-0.15, -0.1) is 0 Å². The smallest absolute Gasteiger partial charge is 0.347 e. The molecule has 0 amide bonds. The van der Waals surface area contributed by atoms with Crippen LogP contribution in [0.4, 0.5) is 0 Å². The highest BCUT2D eigenvalue weighted by atomic mass is 16.6. The van der Waals surface area contributed by atoms with Crippen LogP contribution in [0, 0.1) is 5.92 Å². The summed E-state index contributed by atoms with van der Waals surface area (Å²) >= 11 is 0. The van der Waals surface area contributed by atoms with E-state index < -0.39 is 57.3 Å². The molecule has 5 aliphatic rings. The Labute approximate surface area is 442 Å². The van der Waals surface area contributed by atoms with E-state index in [1.165, 1.54) is 25.7 Å². The maximum atomic E-state index is 14.7. The second-order valence-electron chi connectivity index (χ2n) is 21.7. The van der Waals surface area contributed by atoms with Crippen LogP contribution in [-0.4, -0.2) is 82.4 Å². The number of rotatable bonds is 13. The fraction of sp³-hybridized carbons (Fsp3) is 0.410. The molecule has 9 rings (SSSR count). The predicted octanol–water partition coefficient (Wildman–Crippen LogP) is 12.2. The molecule has 4 aromatic rings. The second kappa shape index (κ2) is 20.2. The van der Waals surface area contributed by atoms with Crippen LogP contribution in [0.15, 0.2) is 98.3 Å². The summed E-state index contributed by atoms with van der Waals surface area (Å²) in [5.74, 6) is -1.34. The van der Waals surface area contributed by atoms with Gasteiger partial charge in [-0.3, -0.25) is 4.79 Å². The zero-order chi connectivity index (χ0) is 55.4. The van der Waals surface area contributed by atoms with Gasteiger partial charge in [-0.05, 0) is 143 Å². The summed E-state index contributed by atoms with van der Waals surface area (Å²) in [5, 5.41) is 33.0. The number of ketones is 1. The number of benzene rings is 3. The number of Topliss-reactive ketones (excluding diaryl/α,β-unsaturated/α-hetero) is 1. The minimum Gasteiger partial charge on any atom is -0.506 e. The van der Waals surface area contributed by atoms with Crippen molar-refractivity contribution in [3.05, 3.63) is 122 Å². The van der Waals surface area contributed by atoms with Gasteiger partial charge in [-0.25, -0.2) is 14.4 Å². The van der Waals surface area contributed by atoms with Gasteiger partial charge in [0.15, 0.2) is 11.4 Å². The SMILES string of the molecule is CC(C)=CCCC1(C)C=Cc2c(O)c3c(c(CC=C(C)C)c2O1)OC12C(=CCCC1C(C)(C)OC2(CC=C(C)C(=O)O)C(=O)O)C3=O.COc1ccc(-c2c(OC)c3c(OC)c4c(cc3oc2=O)OC(C)(C)C=C4)cc1. The highest BCUT2D eigenvalue weighted by molar-refractivity contribution is 6.17. The number of methoxy groups -OCH3 is 3. The first-order valence-electron chi connectivity index (χ1n) is 25.4. The summed E-state index contributed by atoms with van der Waals surface area (Å²) < 4.78 is 48.6. The fourth-order valence-corrected chi connectivity index (χ4v) is 11.2. The van der Waals surface area contributed by atoms with Gasteiger partial charge in [0.05, 0.1) is 38.1 Å². The van der Waals surface area contributed by atoms with E-state index in [0.29, 0.717) is 87.7 Å². The molecule has 1 fully saturated rings. The lowest BCUT2D eigenvalue weighted by Gasteiger charge is -2.50. The van der Waals surface area contributed by atoms with Crippen molar-refractivity contribution in [3.63, 3.8) is 0 Å². The number of carboxylic acids is 2. The Bertz CT molecular complexity index is 3300. The molecule has 76 heavy (non-hydrogen) atoms. The first-order valence-corrected chi connectivity index (χ1v) is 25.4. The molecule has 4 unspecified atom stereocenters. The van der Waals surface area contributed by atoms with Crippen molar-refractivity contribution >= 4 is 40.8 Å². The number of fused-ring (bicyclic) bond motifs is 4. The fourth-order valence-electron chi connectivity index (χ4n) is 11.2. The molecule has 15 heteroatoms. The van der Waals surface area contributed by atoms with E-state index >= 15 is 0 Å². The summed E-state index contributed by atoms with van der Waals surface area (Å²) in [6, 6.07) is 8.84. The number of ether oxygens (including phenoxy) is 7. The Morgan fingerprint density at radius 2 is 1.46 bits per heavy atom. The van der Waals surface area contributed by atoms with Crippen LogP contribution < -0.4 is 34.0 Å². The van der Waals surface area contributed by atoms with Crippen LogP contribution >= 0.6 is 0 Å². The number of aliphatic carboxylic acids is 2. The van der Waals surface area contributed by atoms with Crippen LogP contribution in [0.2, 0.25) is 0 Å². The molecule has 0 bridgehead atoms. The molecular weight excluding hydrogens is 973 g/mol. The van der Waals surface area contributed by atoms with Crippen molar-refractivity contribution in [2.24, 2.45) is 5.92 Å². The van der Waals surface area contributed by atoms with Crippen LogP contribution in [0.3, 0.4) is 0 Å². The van der Waals surface area contributed by atoms with Crippen molar-refractivity contribution in [2.75, 3.05) is 21.3 Å². The summed E-state index contributed by atoms with van der Waals surface area (Å²) in [6.07, 6.45) is 17.0. The van der Waals surface area contributed by atoms with Crippen molar-refractivity contribution in [1.29, 1.82) is 0 Å². The molecule has 0 saturated carbocycles. The molecule has 5 heterocycles. The number of carboxylic acid groups (broad SMARTS) is 2. The molecule has 1 spiro atoms. The quantitative estimate of drug-likeness (QED) is 0.0647. The summed E-state index contributed by atoms with van der Waals surface area (Å²) in [6.45, 7) is 18.8. The number of allylic oxidation sites excluding steroid dienone is 5. The molecule has 3 N–H and O–H groups in total. The van der Waals surface area contributed by atoms with E-state index in [4.69, 9.17) is 37.6 Å². The van der Waals surface area contributed by atoms with Gasteiger partial charge in [0, 0.05) is 35.1 Å². The number of aromatic hydroxyl groups is 1. The Hall–Kier alpha value is -7.52. The Balaban J connectivity index is 0.000000225. The standard InChI is InChI=1S/C38H46O9.C23H22O6/c1-21(2)11-10-18-36(8)19-17-24-29(39)28-30(40)26-12-9-13-27-35(6,7)47-37(34(43)44,20-16-23(5)33(41)42)38(26,27)46-32(28)25(31(24)45-36)15-14-22(3)4;1-23(2)11-10-15-16(29-23)12-17-19(20(15)26-4)21(27-5)18(22(24)28-17)13-6-8-14(25-3)9-7-13/h11-12,14,16-17,19,27,39H,9-10,13,15,18,20H2,1-8H3,(H,41,42)(H,43,44);6-12H,1-5H3. The van der Waals surface area contributed by atoms with E-state index in [1.54, 1.807) is 70.6 Å². The average molecular weight is 1040 g/mol. The van der Waals surface area contributed by atoms with E-state index in [2.05, 4.69) is 6.08 Å². The third-order valence-electron chi connectivity index (χ3n) is 15.0. The van der Waals surface area contributed by atoms with E-state index in [1.807, 2.05) is 72.8 Å². The lowest BCUT2D eigenvalue weighted by Crippen LogP contribution is -2.66. The normalized spacial score (nSPS) is 23.0. The first-order chi connectivity index (χ1) is 35.8. The van der Waals surface area contributed by atoms with E-state index in [-0.39, 0.29) is 34.6 Å². The van der Waals surface area contributed by atoms with Crippen LogP contribution in [-0.2, 0) is 20.7 Å². The number of phenols is 1. The second-order valence-corrected chi connectivity index (χ2v) is 21.7. The topological polar surface area (TPSA) is 207 Å². The van der Waals surface area contributed by atoms with Crippen molar-refractivity contribution < 1.29 is 67.3 Å². The summed E-state index contributed by atoms with van der Waals surface area (Å²) in [5.41, 5.74) is -1.56. The van der Waals surface area contributed by atoms with Gasteiger partial charge in [0.1, 0.15) is 73.5 Å². The number of carbonyl (C=O) groups excluding carboxylic acids is 1. The molecule has 4 atom stereocenters. The van der Waals surface area contributed by atoms with Gasteiger partial charge in [0.25, 0.3) is 0 Å². The summed E-state index contributed by atoms with van der Waals surface area (Å²) in [4.78, 5) is 52.9. The number of phenolic OH excluding ortho intramolecular Hbond substituents is 1. The highest BCUT2D eigenvalue weighted by Gasteiger charge is 2.77. The minimum absolute atomic E-state index is 0.0407. The van der Waals surface area contributed by atoms with Crippen molar-refractivity contribution in [1.82, 2.24) is 0 Å². The van der Waals surface area contributed by atoms with Gasteiger partial charge < -0.3 is 52.9 Å². The van der Waals surface area contributed by atoms with Crippen LogP contribution in [0.5, 0.6) is 40.2 Å². The predicted molar refractivity (Wildman–Crippen MR) is 289 cm³/mol. The largest absolute Gasteiger partial charge is 0.506 e. The third kappa shape index (κ3) is 9.36. The zero-order valence-electron chi connectivity index (χ0n) is 45.6. The Morgan fingerprint density at radius 3 is 2.08 bits per heavy atom.